The van der Waals surface area contributed by atoms with Crippen molar-refractivity contribution in [2.75, 3.05) is 13.1 Å². The Labute approximate surface area is 165 Å². The smallest absolute Gasteiger partial charge is 0.234 e. The number of thioether (sulfide) groups is 1. The average molecular weight is 385 g/mol. The fourth-order valence-electron chi connectivity index (χ4n) is 3.09. The minimum absolute atomic E-state index is 0.00857. The summed E-state index contributed by atoms with van der Waals surface area (Å²) in [5.41, 5.74) is 2.15. The highest BCUT2D eigenvalue weighted by molar-refractivity contribution is 8.23. The summed E-state index contributed by atoms with van der Waals surface area (Å²) in [6.07, 6.45) is 2.37. The van der Waals surface area contributed by atoms with Crippen LogP contribution in [0.15, 0.2) is 60.7 Å². The quantitative estimate of drug-likeness (QED) is 0.775. The lowest BCUT2D eigenvalue weighted by Crippen LogP contribution is -2.36. The number of nitrogens with one attached hydrogen (secondary N) is 1. The van der Waals surface area contributed by atoms with Crippen LogP contribution in [0.5, 0.6) is 0 Å². The highest BCUT2D eigenvalue weighted by Crippen LogP contribution is 2.24. The number of hydrogen-bond donors (Lipinski definition) is 1. The first kappa shape index (κ1) is 18.9. The van der Waals surface area contributed by atoms with Gasteiger partial charge in [0.25, 0.3) is 0 Å². The van der Waals surface area contributed by atoms with Crippen molar-refractivity contribution in [1.82, 2.24) is 10.2 Å². The maximum atomic E-state index is 12.8. The Morgan fingerprint density at radius 1 is 1.00 bits per heavy atom. The van der Waals surface area contributed by atoms with Crippen LogP contribution in [0.4, 0.5) is 0 Å². The van der Waals surface area contributed by atoms with Crippen molar-refractivity contribution >= 4 is 34.2 Å². The zero-order chi connectivity index (χ0) is 18.4. The van der Waals surface area contributed by atoms with Crippen molar-refractivity contribution in [2.24, 2.45) is 0 Å². The molecular formula is C21H24N2OS2. The van der Waals surface area contributed by atoms with Gasteiger partial charge in [-0.1, -0.05) is 84.6 Å². The molecule has 0 spiro atoms. The number of nitrogens with zero attached hydrogens (tertiary/aromatic N) is 1. The molecule has 1 aliphatic rings. The Morgan fingerprint density at radius 2 is 1.50 bits per heavy atom. The number of thiocarbonyl (C=S) groups is 1. The first-order valence-electron chi connectivity index (χ1n) is 9.01. The van der Waals surface area contributed by atoms with Gasteiger partial charge in [-0.15, -0.1) is 0 Å². The number of carbonyl (C=O) groups is 1. The van der Waals surface area contributed by atoms with Crippen molar-refractivity contribution in [3.63, 3.8) is 0 Å². The molecule has 0 unspecified atom stereocenters. The average Bonchev–Trinajstić information content (AvgIpc) is 3.22. The Kier molecular flexibility index (Phi) is 6.69. The van der Waals surface area contributed by atoms with Crippen LogP contribution in [0.1, 0.15) is 36.9 Å². The van der Waals surface area contributed by atoms with Gasteiger partial charge >= 0.3 is 0 Å². The van der Waals surface area contributed by atoms with Crippen molar-refractivity contribution < 1.29 is 4.79 Å². The molecular weight excluding hydrogens is 360 g/mol. The van der Waals surface area contributed by atoms with Crippen LogP contribution in [0.3, 0.4) is 0 Å². The van der Waals surface area contributed by atoms with Crippen LogP contribution in [0.2, 0.25) is 0 Å². The third-order valence-corrected chi connectivity index (χ3v) is 6.14. The fourth-order valence-corrected chi connectivity index (χ4v) is 4.51. The number of hydrogen-bond acceptors (Lipinski definition) is 3. The molecule has 1 aliphatic heterocycles. The number of amides is 1. The molecule has 0 bridgehead atoms. The second-order valence-corrected chi connectivity index (χ2v) is 8.46. The largest absolute Gasteiger partial charge is 0.358 e. The Balaban J connectivity index is 1.70. The van der Waals surface area contributed by atoms with Gasteiger partial charge in [0.15, 0.2) is 0 Å². The van der Waals surface area contributed by atoms with Gasteiger partial charge in [-0.05, 0) is 30.9 Å². The normalized spacial score (nSPS) is 15.1. The van der Waals surface area contributed by atoms with Crippen molar-refractivity contribution in [2.45, 2.75) is 31.1 Å². The second-order valence-electron chi connectivity index (χ2n) is 6.48. The van der Waals surface area contributed by atoms with Gasteiger partial charge < -0.3 is 10.2 Å². The molecule has 136 valence electrons. The topological polar surface area (TPSA) is 32.3 Å². The molecule has 26 heavy (non-hydrogen) atoms. The molecule has 2 aromatic rings. The Bertz CT molecular complexity index is 691. The molecule has 0 aromatic heterocycles. The van der Waals surface area contributed by atoms with Crippen LogP contribution in [0.25, 0.3) is 0 Å². The Morgan fingerprint density at radius 3 is 2.00 bits per heavy atom. The molecule has 3 nitrogen and oxygen atoms in total. The van der Waals surface area contributed by atoms with Crippen molar-refractivity contribution in [3.05, 3.63) is 71.8 Å². The summed E-state index contributed by atoms with van der Waals surface area (Å²) in [5.74, 6) is 0.00857. The molecule has 0 saturated carbocycles. The van der Waals surface area contributed by atoms with E-state index in [1.165, 1.54) is 24.6 Å². The summed E-state index contributed by atoms with van der Waals surface area (Å²) in [6.45, 7) is 3.95. The van der Waals surface area contributed by atoms with E-state index in [2.05, 4.69) is 10.2 Å². The Hall–Kier alpha value is -1.85. The predicted molar refractivity (Wildman–Crippen MR) is 113 cm³/mol. The van der Waals surface area contributed by atoms with Crippen LogP contribution in [-0.4, -0.2) is 33.5 Å². The van der Waals surface area contributed by atoms with E-state index in [1.807, 2.05) is 67.6 Å². The monoisotopic (exact) mass is 384 g/mol. The van der Waals surface area contributed by atoms with Gasteiger partial charge in [-0.3, -0.25) is 4.79 Å². The van der Waals surface area contributed by atoms with E-state index in [-0.39, 0.29) is 17.2 Å². The third-order valence-electron chi connectivity index (χ3n) is 4.56. The molecule has 1 saturated heterocycles. The minimum atomic E-state index is -0.224. The minimum Gasteiger partial charge on any atom is -0.358 e. The molecule has 1 atom stereocenters. The SMILES string of the molecule is C[C@@H](SC(=S)N1CCCC1)C(=O)NC(c1ccccc1)c1ccccc1. The highest BCUT2D eigenvalue weighted by Gasteiger charge is 2.24. The van der Waals surface area contributed by atoms with E-state index in [9.17, 15) is 4.79 Å². The van der Waals surface area contributed by atoms with Crippen LogP contribution >= 0.6 is 24.0 Å². The van der Waals surface area contributed by atoms with Crippen LogP contribution in [-0.2, 0) is 4.79 Å². The number of rotatable bonds is 5. The summed E-state index contributed by atoms with van der Waals surface area (Å²) < 4.78 is 0.834. The first-order chi connectivity index (χ1) is 12.6. The molecule has 1 amide bonds. The summed E-state index contributed by atoms with van der Waals surface area (Å²) >= 11 is 7.00. The van der Waals surface area contributed by atoms with Crippen LogP contribution in [0, 0.1) is 0 Å². The van der Waals surface area contributed by atoms with E-state index < -0.39 is 0 Å². The molecule has 1 N–H and O–H groups in total. The van der Waals surface area contributed by atoms with Crippen molar-refractivity contribution in [1.29, 1.82) is 0 Å². The molecule has 0 aliphatic carbocycles. The second kappa shape index (κ2) is 9.19. The molecule has 0 radical (unpaired) electrons. The summed E-state index contributed by atoms with van der Waals surface area (Å²) in [5, 5.41) is 2.98. The summed E-state index contributed by atoms with van der Waals surface area (Å²) in [6, 6.07) is 20.0. The molecule has 1 fully saturated rings. The van der Waals surface area contributed by atoms with E-state index in [0.29, 0.717) is 0 Å². The van der Waals surface area contributed by atoms with Gasteiger partial charge in [-0.25, -0.2) is 0 Å². The zero-order valence-electron chi connectivity index (χ0n) is 14.9. The maximum Gasteiger partial charge on any atom is 0.234 e. The van der Waals surface area contributed by atoms with Gasteiger partial charge in [0.2, 0.25) is 5.91 Å². The van der Waals surface area contributed by atoms with Gasteiger partial charge in [0, 0.05) is 13.1 Å². The lowest BCUT2D eigenvalue weighted by molar-refractivity contribution is -0.120. The van der Waals surface area contributed by atoms with E-state index >= 15 is 0 Å². The highest BCUT2D eigenvalue weighted by atomic mass is 32.2. The first-order valence-corrected chi connectivity index (χ1v) is 10.3. The standard InChI is InChI=1S/C21H24N2OS2/c1-16(26-21(25)23-14-8-9-15-23)20(24)22-19(17-10-4-2-5-11-17)18-12-6-3-7-13-18/h2-7,10-13,16,19H,8-9,14-15H2,1H3,(H,22,24)/t16-/m1/s1. The van der Waals surface area contributed by atoms with Gasteiger partial charge in [0.05, 0.1) is 11.3 Å². The number of benzene rings is 2. The number of likely N-dealkylation sites (tertiary alicyclic amines) is 1. The number of carbonyl (C=O) groups excluding carboxylic acids is 1. The van der Waals surface area contributed by atoms with E-state index in [4.69, 9.17) is 12.2 Å². The van der Waals surface area contributed by atoms with Crippen LogP contribution < -0.4 is 5.32 Å². The third kappa shape index (κ3) is 4.86. The molecule has 3 rings (SSSR count). The maximum absolute atomic E-state index is 12.8. The lowest BCUT2D eigenvalue weighted by atomic mass is 9.98. The summed E-state index contributed by atoms with van der Waals surface area (Å²) in [4.78, 5) is 15.0. The van der Waals surface area contributed by atoms with Gasteiger partial charge in [-0.2, -0.15) is 0 Å². The predicted octanol–water partition coefficient (Wildman–Crippen LogP) is 4.39. The molecule has 5 heteroatoms. The molecule has 2 aromatic carbocycles. The van der Waals surface area contributed by atoms with E-state index in [1.54, 1.807) is 0 Å². The fraction of sp³-hybridized carbons (Fsp3) is 0.333. The lowest BCUT2D eigenvalue weighted by Gasteiger charge is -2.24. The molecule has 1 heterocycles. The van der Waals surface area contributed by atoms with Crippen molar-refractivity contribution in [3.8, 4) is 0 Å². The summed E-state index contributed by atoms with van der Waals surface area (Å²) in [7, 11) is 0. The van der Waals surface area contributed by atoms with E-state index in [0.717, 1.165) is 28.5 Å². The zero-order valence-corrected chi connectivity index (χ0v) is 16.6. The van der Waals surface area contributed by atoms with Gasteiger partial charge in [0.1, 0.15) is 4.32 Å².